The minimum atomic E-state index is -0.302. The maximum absolute atomic E-state index is 10.4. The molecule has 1 amide bonds. The van der Waals surface area contributed by atoms with E-state index in [1.54, 1.807) is 0 Å². The Morgan fingerprint density at radius 1 is 1.50 bits per heavy atom. The summed E-state index contributed by atoms with van der Waals surface area (Å²) in [5.41, 5.74) is 12.3. The monoisotopic (exact) mass is 147 g/mol. The first-order chi connectivity index (χ1) is 4.68. The van der Waals surface area contributed by atoms with E-state index in [1.807, 2.05) is 0 Å². The van der Waals surface area contributed by atoms with Gasteiger partial charge in [-0.15, -0.1) is 0 Å². The van der Waals surface area contributed by atoms with Gasteiger partial charge in [-0.1, -0.05) is 0 Å². The number of primary amides is 1. The molecule has 8 N–H and O–H groups in total. The van der Waals surface area contributed by atoms with Gasteiger partial charge in [0, 0.05) is 6.42 Å². The molecule has 0 aromatic heterocycles. The molecule has 0 radical (unpaired) electrons. The van der Waals surface area contributed by atoms with Gasteiger partial charge < -0.3 is 17.2 Å². The average Bonchev–Trinajstić information content (AvgIpc) is 1.88. The quantitative estimate of drug-likeness (QED) is 0.368. The molecule has 4 heteroatoms. The Kier molecular flexibility index (Phi) is 4.88. The normalized spacial score (nSPS) is 13.0. The van der Waals surface area contributed by atoms with Gasteiger partial charge in [0.05, 0.1) is 6.54 Å². The lowest BCUT2D eigenvalue weighted by molar-refractivity contribution is -0.405. The fourth-order valence-corrected chi connectivity index (χ4v) is 0.710. The first kappa shape index (κ1) is 9.39. The van der Waals surface area contributed by atoms with E-state index in [1.165, 1.54) is 0 Å². The van der Waals surface area contributed by atoms with Gasteiger partial charge in [-0.2, -0.15) is 0 Å². The Balaban J connectivity index is 3.21. The van der Waals surface area contributed by atoms with E-state index in [0.29, 0.717) is 0 Å². The molecule has 0 saturated heterocycles. The largest absolute Gasteiger partial charge is 0.365 e. The Morgan fingerprint density at radius 2 is 2.10 bits per heavy atom. The van der Waals surface area contributed by atoms with Crippen molar-refractivity contribution in [3.8, 4) is 0 Å². The fourth-order valence-electron chi connectivity index (χ4n) is 0.710. The van der Waals surface area contributed by atoms with E-state index in [-0.39, 0.29) is 11.9 Å². The molecule has 0 aliphatic carbocycles. The van der Waals surface area contributed by atoms with Crippen LogP contribution in [0.15, 0.2) is 0 Å². The molecule has 0 aromatic carbocycles. The molecule has 0 aliphatic rings. The van der Waals surface area contributed by atoms with Crippen LogP contribution in [0.1, 0.15) is 19.3 Å². The molecular weight excluding hydrogens is 130 g/mol. The Morgan fingerprint density at radius 3 is 2.50 bits per heavy atom. The van der Waals surface area contributed by atoms with E-state index in [0.717, 1.165) is 25.8 Å². The van der Waals surface area contributed by atoms with Crippen LogP contribution in [-0.2, 0) is 4.79 Å². The van der Waals surface area contributed by atoms with Crippen LogP contribution in [0.25, 0.3) is 0 Å². The minimum Gasteiger partial charge on any atom is -0.365 e. The molecule has 0 aromatic rings. The SMILES string of the molecule is NC(=O)[C@@H]([NH3+])CCCC[NH3+]. The van der Waals surface area contributed by atoms with Gasteiger partial charge in [-0.25, -0.2) is 0 Å². The van der Waals surface area contributed by atoms with Gasteiger partial charge in [0.15, 0.2) is 6.04 Å². The van der Waals surface area contributed by atoms with Crippen molar-refractivity contribution in [1.29, 1.82) is 0 Å². The Labute approximate surface area is 60.7 Å². The minimum absolute atomic E-state index is 0.216. The van der Waals surface area contributed by atoms with Crippen LogP contribution in [0.4, 0.5) is 0 Å². The summed E-state index contributed by atoms with van der Waals surface area (Å²) < 4.78 is 0. The highest BCUT2D eigenvalue weighted by molar-refractivity contribution is 5.77. The number of nitrogens with two attached hydrogens (primary N) is 1. The van der Waals surface area contributed by atoms with Crippen molar-refractivity contribution in [2.45, 2.75) is 25.3 Å². The lowest BCUT2D eigenvalue weighted by Crippen LogP contribution is -2.66. The van der Waals surface area contributed by atoms with Crippen molar-refractivity contribution >= 4 is 5.91 Å². The Hall–Kier alpha value is -0.610. The number of unbranched alkanes of at least 4 members (excludes halogenated alkanes) is 1. The van der Waals surface area contributed by atoms with Crippen LogP contribution in [0.5, 0.6) is 0 Å². The first-order valence-corrected chi connectivity index (χ1v) is 3.60. The van der Waals surface area contributed by atoms with Gasteiger partial charge in [0.1, 0.15) is 0 Å². The average molecular weight is 147 g/mol. The topological polar surface area (TPSA) is 98.4 Å². The number of quaternary nitrogens is 2. The summed E-state index contributed by atoms with van der Waals surface area (Å²) in [5, 5.41) is 0. The van der Waals surface area contributed by atoms with Gasteiger partial charge in [0.2, 0.25) is 0 Å². The van der Waals surface area contributed by atoms with E-state index in [2.05, 4.69) is 11.5 Å². The first-order valence-electron chi connectivity index (χ1n) is 3.60. The summed E-state index contributed by atoms with van der Waals surface area (Å²) in [7, 11) is 0. The third-order valence-electron chi connectivity index (χ3n) is 1.45. The lowest BCUT2D eigenvalue weighted by Gasteiger charge is -2.00. The summed E-state index contributed by atoms with van der Waals surface area (Å²) in [6, 6.07) is -0.216. The Bertz CT molecular complexity index is 105. The second kappa shape index (κ2) is 5.20. The van der Waals surface area contributed by atoms with Gasteiger partial charge in [0.25, 0.3) is 5.91 Å². The molecular formula is C6H17N3O+2. The highest BCUT2D eigenvalue weighted by Crippen LogP contribution is 1.94. The standard InChI is InChI=1S/C6H15N3O/c7-4-2-1-3-5(8)6(9)10/h5H,1-4,7-8H2,(H2,9,10)/p+2/t5-/m0/s1. The predicted octanol–water partition coefficient (Wildman–Crippen LogP) is -2.51. The van der Waals surface area contributed by atoms with E-state index >= 15 is 0 Å². The summed E-state index contributed by atoms with van der Waals surface area (Å²) in [5.74, 6) is -0.302. The van der Waals surface area contributed by atoms with Crippen molar-refractivity contribution in [2.75, 3.05) is 6.54 Å². The summed E-state index contributed by atoms with van der Waals surface area (Å²) in [4.78, 5) is 10.4. The molecule has 0 unspecified atom stereocenters. The molecule has 0 fully saturated rings. The van der Waals surface area contributed by atoms with Crippen molar-refractivity contribution in [3.63, 3.8) is 0 Å². The zero-order chi connectivity index (χ0) is 7.98. The molecule has 4 nitrogen and oxygen atoms in total. The molecule has 0 heterocycles. The lowest BCUT2D eigenvalue weighted by atomic mass is 10.1. The number of carbonyl (C=O) groups is 1. The third kappa shape index (κ3) is 4.29. The predicted molar refractivity (Wildman–Crippen MR) is 37.5 cm³/mol. The molecule has 1 atom stereocenters. The fraction of sp³-hybridized carbons (Fsp3) is 0.833. The van der Waals surface area contributed by atoms with E-state index in [4.69, 9.17) is 5.73 Å². The zero-order valence-corrected chi connectivity index (χ0v) is 6.31. The molecule has 0 saturated carbocycles. The van der Waals surface area contributed by atoms with Crippen LogP contribution in [0, 0.1) is 0 Å². The molecule has 0 aliphatic heterocycles. The number of hydrogen-bond donors (Lipinski definition) is 3. The molecule has 10 heavy (non-hydrogen) atoms. The highest BCUT2D eigenvalue weighted by atomic mass is 16.1. The van der Waals surface area contributed by atoms with Crippen molar-refractivity contribution in [1.82, 2.24) is 0 Å². The van der Waals surface area contributed by atoms with E-state index in [9.17, 15) is 4.79 Å². The van der Waals surface area contributed by atoms with Crippen LogP contribution < -0.4 is 17.2 Å². The van der Waals surface area contributed by atoms with Crippen molar-refractivity contribution < 1.29 is 16.3 Å². The number of carbonyl (C=O) groups excluding carboxylic acids is 1. The van der Waals surface area contributed by atoms with Gasteiger partial charge >= 0.3 is 0 Å². The summed E-state index contributed by atoms with van der Waals surface area (Å²) >= 11 is 0. The maximum atomic E-state index is 10.4. The number of amides is 1. The van der Waals surface area contributed by atoms with Crippen molar-refractivity contribution in [3.05, 3.63) is 0 Å². The van der Waals surface area contributed by atoms with Gasteiger partial charge in [-0.3, -0.25) is 4.79 Å². The molecule has 0 rings (SSSR count). The van der Waals surface area contributed by atoms with Crippen molar-refractivity contribution in [2.24, 2.45) is 5.73 Å². The molecule has 0 bridgehead atoms. The smallest absolute Gasteiger partial charge is 0.275 e. The zero-order valence-electron chi connectivity index (χ0n) is 6.31. The second-order valence-electron chi connectivity index (χ2n) is 2.45. The van der Waals surface area contributed by atoms with Crippen LogP contribution in [-0.4, -0.2) is 18.5 Å². The summed E-state index contributed by atoms with van der Waals surface area (Å²) in [6.45, 7) is 0.922. The molecule has 0 spiro atoms. The van der Waals surface area contributed by atoms with Gasteiger partial charge in [-0.05, 0) is 12.8 Å². The summed E-state index contributed by atoms with van der Waals surface area (Å²) in [6.07, 6.45) is 2.85. The van der Waals surface area contributed by atoms with E-state index < -0.39 is 0 Å². The number of rotatable bonds is 5. The second-order valence-corrected chi connectivity index (χ2v) is 2.45. The van der Waals surface area contributed by atoms with Crippen LogP contribution in [0.3, 0.4) is 0 Å². The van der Waals surface area contributed by atoms with Crippen LogP contribution >= 0.6 is 0 Å². The molecule has 60 valence electrons. The maximum Gasteiger partial charge on any atom is 0.275 e. The number of hydrogen-bond acceptors (Lipinski definition) is 1. The highest BCUT2D eigenvalue weighted by Gasteiger charge is 2.11. The van der Waals surface area contributed by atoms with Crippen LogP contribution in [0.2, 0.25) is 0 Å². The third-order valence-corrected chi connectivity index (χ3v) is 1.45.